The zero-order valence-corrected chi connectivity index (χ0v) is 20.9. The van der Waals surface area contributed by atoms with E-state index in [4.69, 9.17) is 0 Å². The van der Waals surface area contributed by atoms with Crippen molar-refractivity contribution in [2.24, 2.45) is 11.3 Å². The van der Waals surface area contributed by atoms with E-state index >= 15 is 0 Å². The van der Waals surface area contributed by atoms with Crippen LogP contribution in [0.1, 0.15) is 29.6 Å². The Hall–Kier alpha value is -3.74. The fourth-order valence-corrected chi connectivity index (χ4v) is 5.99. The number of carbonyl (C=O) groups excluding carboxylic acids is 2. The molecule has 3 fully saturated rings. The summed E-state index contributed by atoms with van der Waals surface area (Å²) >= 11 is 0. The summed E-state index contributed by atoms with van der Waals surface area (Å²) in [6.07, 6.45) is 4.48. The predicted molar refractivity (Wildman–Crippen MR) is 141 cm³/mol. The van der Waals surface area contributed by atoms with E-state index in [1.165, 1.54) is 6.07 Å². The van der Waals surface area contributed by atoms with Gasteiger partial charge in [-0.2, -0.15) is 0 Å². The third-order valence-corrected chi connectivity index (χ3v) is 8.42. The number of hydrogen-bond donors (Lipinski definition) is 0. The molecule has 1 spiro atoms. The Bertz CT molecular complexity index is 1280. The maximum Gasteiger partial charge on any atom is 0.253 e. The van der Waals surface area contributed by atoms with E-state index in [1.54, 1.807) is 48.7 Å². The molecule has 1 saturated carbocycles. The number of amides is 2. The quantitative estimate of drug-likeness (QED) is 0.532. The number of nitrogens with zero attached hydrogens (tertiary/aromatic N) is 4. The standard InChI is InChI=1S/C30H31FN4O2/c31-26-6-2-1-5-24(26)22-8-10-23(11-9-22)28(36)34-15-12-30(13-16-34)21-25(30)29(37)35-19-17-33(18-20-35)27-7-3-4-14-32-27/h1-11,14,25H,12-13,15-21H2. The van der Waals surface area contributed by atoms with Gasteiger partial charge in [0.25, 0.3) is 5.91 Å². The topological polar surface area (TPSA) is 56.8 Å². The first-order valence-electron chi connectivity index (χ1n) is 13.1. The van der Waals surface area contributed by atoms with Crippen molar-refractivity contribution in [3.8, 4) is 11.1 Å². The Kier molecular flexibility index (Phi) is 6.14. The summed E-state index contributed by atoms with van der Waals surface area (Å²) in [5.41, 5.74) is 1.96. The van der Waals surface area contributed by atoms with Crippen LogP contribution in [0.3, 0.4) is 0 Å². The molecule has 190 valence electrons. The average molecular weight is 499 g/mol. The fourth-order valence-electron chi connectivity index (χ4n) is 5.99. The van der Waals surface area contributed by atoms with Crippen LogP contribution in [0.25, 0.3) is 11.1 Å². The lowest BCUT2D eigenvalue weighted by Gasteiger charge is -2.37. The van der Waals surface area contributed by atoms with Crippen LogP contribution in [0, 0.1) is 17.2 Å². The number of benzene rings is 2. The van der Waals surface area contributed by atoms with Crippen molar-refractivity contribution in [3.05, 3.63) is 84.3 Å². The molecule has 6 nitrogen and oxygen atoms in total. The summed E-state index contributed by atoms with van der Waals surface area (Å²) in [6.45, 7) is 4.42. The smallest absolute Gasteiger partial charge is 0.253 e. The third-order valence-electron chi connectivity index (χ3n) is 8.42. The second-order valence-corrected chi connectivity index (χ2v) is 10.5. The highest BCUT2D eigenvalue weighted by molar-refractivity contribution is 5.95. The van der Waals surface area contributed by atoms with E-state index in [0.717, 1.165) is 56.8 Å². The molecule has 0 N–H and O–H groups in total. The molecule has 6 rings (SSSR count). The van der Waals surface area contributed by atoms with Gasteiger partial charge in [0, 0.05) is 62.5 Å². The van der Waals surface area contributed by atoms with Gasteiger partial charge in [-0.25, -0.2) is 9.37 Å². The molecule has 2 aromatic carbocycles. The summed E-state index contributed by atoms with van der Waals surface area (Å²) in [6, 6.07) is 19.7. The molecule has 1 aliphatic carbocycles. The van der Waals surface area contributed by atoms with Gasteiger partial charge in [0.15, 0.2) is 0 Å². The van der Waals surface area contributed by atoms with Gasteiger partial charge in [0.05, 0.1) is 0 Å². The van der Waals surface area contributed by atoms with Crippen molar-refractivity contribution in [2.45, 2.75) is 19.3 Å². The van der Waals surface area contributed by atoms with Crippen LogP contribution in [-0.4, -0.2) is 65.9 Å². The number of rotatable bonds is 4. The molecule has 7 heteroatoms. The largest absolute Gasteiger partial charge is 0.353 e. The Morgan fingerprint density at radius 1 is 0.811 bits per heavy atom. The molecular weight excluding hydrogens is 467 g/mol. The first-order chi connectivity index (χ1) is 18.0. The van der Waals surface area contributed by atoms with Gasteiger partial charge in [0.1, 0.15) is 11.6 Å². The van der Waals surface area contributed by atoms with Gasteiger partial charge in [-0.3, -0.25) is 9.59 Å². The zero-order chi connectivity index (χ0) is 25.4. The number of aromatic nitrogens is 1. The number of pyridine rings is 1. The molecule has 0 bridgehead atoms. The van der Waals surface area contributed by atoms with Crippen LogP contribution in [-0.2, 0) is 4.79 Å². The molecule has 1 atom stereocenters. The summed E-state index contributed by atoms with van der Waals surface area (Å²) in [5.74, 6) is 1.07. The van der Waals surface area contributed by atoms with Crippen LogP contribution in [0.5, 0.6) is 0 Å². The van der Waals surface area contributed by atoms with Crippen molar-refractivity contribution in [3.63, 3.8) is 0 Å². The molecule has 37 heavy (non-hydrogen) atoms. The number of piperidine rings is 1. The minimum atomic E-state index is -0.272. The maximum atomic E-state index is 14.1. The van der Waals surface area contributed by atoms with E-state index < -0.39 is 0 Å². The van der Waals surface area contributed by atoms with E-state index in [-0.39, 0.29) is 29.0 Å². The van der Waals surface area contributed by atoms with E-state index in [9.17, 15) is 14.0 Å². The minimum absolute atomic E-state index is 0.00380. The zero-order valence-electron chi connectivity index (χ0n) is 20.9. The van der Waals surface area contributed by atoms with Gasteiger partial charge in [-0.1, -0.05) is 36.4 Å². The molecule has 2 aliphatic heterocycles. The normalized spacial score (nSPS) is 20.7. The molecule has 2 saturated heterocycles. The summed E-state index contributed by atoms with van der Waals surface area (Å²) in [7, 11) is 0. The van der Waals surface area contributed by atoms with Gasteiger partial charge >= 0.3 is 0 Å². The Morgan fingerprint density at radius 2 is 1.51 bits per heavy atom. The highest BCUT2D eigenvalue weighted by Gasteiger charge is 2.59. The molecule has 2 amide bonds. The number of halogens is 1. The fraction of sp³-hybridized carbons (Fsp3) is 0.367. The van der Waals surface area contributed by atoms with Crippen LogP contribution < -0.4 is 4.90 Å². The van der Waals surface area contributed by atoms with Gasteiger partial charge < -0.3 is 14.7 Å². The molecular formula is C30H31FN4O2. The lowest BCUT2D eigenvalue weighted by atomic mass is 9.90. The lowest BCUT2D eigenvalue weighted by molar-refractivity contribution is -0.134. The first-order valence-corrected chi connectivity index (χ1v) is 13.1. The molecule has 3 aromatic rings. The van der Waals surface area contributed by atoms with Crippen molar-refractivity contribution >= 4 is 17.6 Å². The second kappa shape index (κ2) is 9.61. The van der Waals surface area contributed by atoms with Crippen LogP contribution in [0.4, 0.5) is 10.2 Å². The summed E-state index contributed by atoms with van der Waals surface area (Å²) < 4.78 is 14.1. The maximum absolute atomic E-state index is 14.1. The highest BCUT2D eigenvalue weighted by Crippen LogP contribution is 2.60. The SMILES string of the molecule is O=C(c1ccc(-c2ccccc2F)cc1)N1CCC2(CC1)CC2C(=O)N1CCN(c2ccccn2)CC1. The van der Waals surface area contributed by atoms with Gasteiger partial charge in [0.2, 0.25) is 5.91 Å². The van der Waals surface area contributed by atoms with Crippen molar-refractivity contribution in [2.75, 3.05) is 44.2 Å². The molecule has 1 aromatic heterocycles. The summed E-state index contributed by atoms with van der Waals surface area (Å²) in [5, 5.41) is 0. The Morgan fingerprint density at radius 3 is 2.19 bits per heavy atom. The minimum Gasteiger partial charge on any atom is -0.353 e. The third kappa shape index (κ3) is 4.59. The predicted octanol–water partition coefficient (Wildman–Crippen LogP) is 4.48. The number of hydrogen-bond acceptors (Lipinski definition) is 4. The summed E-state index contributed by atoms with van der Waals surface area (Å²) in [4.78, 5) is 37.0. The van der Waals surface area contributed by atoms with Crippen LogP contribution in [0.15, 0.2) is 72.9 Å². The molecule has 0 radical (unpaired) electrons. The highest BCUT2D eigenvalue weighted by atomic mass is 19.1. The molecule has 1 unspecified atom stereocenters. The number of anilines is 1. The van der Waals surface area contributed by atoms with E-state index in [0.29, 0.717) is 24.2 Å². The number of piperazine rings is 1. The molecule has 3 heterocycles. The lowest BCUT2D eigenvalue weighted by Crippen LogP contribution is -2.50. The second-order valence-electron chi connectivity index (χ2n) is 10.5. The van der Waals surface area contributed by atoms with Gasteiger partial charge in [-0.15, -0.1) is 0 Å². The number of likely N-dealkylation sites (tertiary alicyclic amines) is 1. The molecule has 3 aliphatic rings. The number of carbonyl (C=O) groups is 2. The average Bonchev–Trinajstić information content (AvgIpc) is 3.66. The van der Waals surface area contributed by atoms with Crippen molar-refractivity contribution in [1.29, 1.82) is 0 Å². The van der Waals surface area contributed by atoms with Crippen LogP contribution in [0.2, 0.25) is 0 Å². The van der Waals surface area contributed by atoms with Crippen LogP contribution >= 0.6 is 0 Å². The van der Waals surface area contributed by atoms with Crippen molar-refractivity contribution in [1.82, 2.24) is 14.8 Å². The van der Waals surface area contributed by atoms with Crippen molar-refractivity contribution < 1.29 is 14.0 Å². The Labute approximate surface area is 216 Å². The first kappa shape index (κ1) is 23.6. The van der Waals surface area contributed by atoms with E-state index in [2.05, 4.69) is 9.88 Å². The van der Waals surface area contributed by atoms with Gasteiger partial charge in [-0.05, 0) is 60.6 Å². The monoisotopic (exact) mass is 498 g/mol. The van der Waals surface area contributed by atoms with E-state index in [1.807, 2.05) is 28.0 Å². The Balaban J connectivity index is 1.01.